The van der Waals surface area contributed by atoms with E-state index in [-0.39, 0.29) is 0 Å². The van der Waals surface area contributed by atoms with Crippen molar-refractivity contribution in [3.8, 4) is 5.75 Å². The van der Waals surface area contributed by atoms with Crippen molar-refractivity contribution >= 4 is 28.9 Å². The molecule has 0 radical (unpaired) electrons. The molecule has 0 aromatic heterocycles. The van der Waals surface area contributed by atoms with E-state index in [0.717, 1.165) is 22.6 Å². The molecule has 2 aromatic rings. The number of ether oxygens (including phenoxy) is 3. The maximum atomic E-state index is 10.7. The molecule has 1 unspecified atom stereocenters. The van der Waals surface area contributed by atoms with Crippen LogP contribution in [0.15, 0.2) is 48.5 Å². The Hall–Kier alpha value is -2.19. The largest absolute Gasteiger partial charge is 0.491 e. The zero-order valence-corrected chi connectivity index (χ0v) is 17.8. The molecule has 6 nitrogen and oxygen atoms in total. The number of hydrogen-bond donors (Lipinski definition) is 1. The Morgan fingerprint density at radius 1 is 0.793 bits per heavy atom. The SMILES string of the molecule is CNc1ccc(/C=C/c2ccc(OCCOCCOCCOS(C)=O)cc2)cc1. The molecule has 2 rings (SSSR count). The number of nitrogens with one attached hydrogen (secondary N) is 1. The lowest BCUT2D eigenvalue weighted by molar-refractivity contribution is 0.0286. The van der Waals surface area contributed by atoms with Crippen molar-refractivity contribution in [3.63, 3.8) is 0 Å². The highest BCUT2D eigenvalue weighted by Crippen LogP contribution is 2.15. The van der Waals surface area contributed by atoms with Gasteiger partial charge in [-0.1, -0.05) is 36.4 Å². The van der Waals surface area contributed by atoms with E-state index in [4.69, 9.17) is 18.4 Å². The van der Waals surface area contributed by atoms with Crippen LogP contribution < -0.4 is 10.1 Å². The van der Waals surface area contributed by atoms with E-state index in [1.54, 1.807) is 0 Å². The Labute approximate surface area is 175 Å². The summed E-state index contributed by atoms with van der Waals surface area (Å²) in [5.41, 5.74) is 3.36. The van der Waals surface area contributed by atoms with E-state index in [1.807, 2.05) is 31.3 Å². The summed E-state index contributed by atoms with van der Waals surface area (Å²) in [7, 11) is 1.91. The van der Waals surface area contributed by atoms with E-state index in [9.17, 15) is 4.21 Å². The van der Waals surface area contributed by atoms with Gasteiger partial charge in [0.15, 0.2) is 11.1 Å². The fraction of sp³-hybridized carbons (Fsp3) is 0.364. The summed E-state index contributed by atoms with van der Waals surface area (Å²) in [5.74, 6) is 0.810. The van der Waals surface area contributed by atoms with Crippen molar-refractivity contribution in [2.75, 3.05) is 58.3 Å². The van der Waals surface area contributed by atoms with Crippen LogP contribution >= 0.6 is 0 Å². The summed E-state index contributed by atoms with van der Waals surface area (Å²) in [4.78, 5) is 0. The van der Waals surface area contributed by atoms with Gasteiger partial charge in [0, 0.05) is 19.0 Å². The van der Waals surface area contributed by atoms with Gasteiger partial charge in [-0.2, -0.15) is 0 Å². The average molecular weight is 420 g/mol. The first kappa shape index (κ1) is 23.1. The molecule has 0 amide bonds. The topological polar surface area (TPSA) is 66.0 Å². The van der Waals surface area contributed by atoms with E-state index < -0.39 is 11.1 Å². The van der Waals surface area contributed by atoms with Gasteiger partial charge in [0.2, 0.25) is 0 Å². The number of benzene rings is 2. The van der Waals surface area contributed by atoms with Gasteiger partial charge in [-0.05, 0) is 35.4 Å². The predicted octanol–water partition coefficient (Wildman–Crippen LogP) is 3.62. The van der Waals surface area contributed by atoms with E-state index in [1.165, 1.54) is 6.26 Å². The number of rotatable bonds is 14. The fourth-order valence-corrected chi connectivity index (χ4v) is 2.68. The van der Waals surface area contributed by atoms with E-state index in [2.05, 4.69) is 41.7 Å². The van der Waals surface area contributed by atoms with Gasteiger partial charge in [-0.25, -0.2) is 4.21 Å². The molecule has 0 aliphatic rings. The zero-order valence-electron chi connectivity index (χ0n) is 17.0. The highest BCUT2D eigenvalue weighted by atomic mass is 32.2. The molecule has 1 atom stereocenters. The summed E-state index contributed by atoms with van der Waals surface area (Å²) < 4.78 is 32.0. The van der Waals surface area contributed by atoms with E-state index >= 15 is 0 Å². The molecule has 0 spiro atoms. The minimum absolute atomic E-state index is 0.319. The monoisotopic (exact) mass is 419 g/mol. The van der Waals surface area contributed by atoms with E-state index in [0.29, 0.717) is 39.6 Å². The third kappa shape index (κ3) is 10.2. The van der Waals surface area contributed by atoms with Crippen molar-refractivity contribution < 1.29 is 22.6 Å². The molecule has 0 bridgehead atoms. The van der Waals surface area contributed by atoms with Crippen LogP contribution in [0.3, 0.4) is 0 Å². The minimum Gasteiger partial charge on any atom is -0.491 e. The summed E-state index contributed by atoms with van der Waals surface area (Å²) >= 11 is -1.24. The van der Waals surface area contributed by atoms with Gasteiger partial charge in [0.05, 0.1) is 33.0 Å². The standard InChI is InChI=1S/C22H29NO5S/c1-23-21-9-5-19(6-10-21)3-4-20-7-11-22(12-8-20)27-17-15-25-13-14-26-16-18-28-29(2)24/h3-12,23H,13-18H2,1-2H3/b4-3+. The zero-order chi connectivity index (χ0) is 20.7. The Bertz CT molecular complexity index is 747. The Morgan fingerprint density at radius 3 is 1.86 bits per heavy atom. The van der Waals surface area contributed by atoms with Crippen molar-refractivity contribution in [3.05, 3.63) is 59.7 Å². The molecule has 0 fully saturated rings. The molecular formula is C22H29NO5S. The Morgan fingerprint density at radius 2 is 1.31 bits per heavy atom. The Kier molecular flexibility index (Phi) is 11.1. The van der Waals surface area contributed by atoms with Crippen LogP contribution in [0.4, 0.5) is 5.69 Å². The summed E-state index contributed by atoms with van der Waals surface area (Å²) in [6, 6.07) is 16.2. The van der Waals surface area contributed by atoms with Crippen molar-refractivity contribution in [2.45, 2.75) is 0 Å². The molecule has 0 aliphatic heterocycles. The minimum atomic E-state index is -1.24. The lowest BCUT2D eigenvalue weighted by atomic mass is 10.1. The van der Waals surface area contributed by atoms with Crippen molar-refractivity contribution in [2.24, 2.45) is 0 Å². The first-order valence-electron chi connectivity index (χ1n) is 9.48. The van der Waals surface area contributed by atoms with Gasteiger partial charge >= 0.3 is 0 Å². The van der Waals surface area contributed by atoms with Gasteiger partial charge in [-0.15, -0.1) is 0 Å². The third-order valence-corrected chi connectivity index (χ3v) is 4.39. The molecule has 7 heteroatoms. The van der Waals surface area contributed by atoms with Crippen molar-refractivity contribution in [1.29, 1.82) is 0 Å². The van der Waals surface area contributed by atoms with Crippen LogP contribution in [0.5, 0.6) is 5.75 Å². The van der Waals surface area contributed by atoms with Crippen LogP contribution in [-0.2, 0) is 24.7 Å². The summed E-state index contributed by atoms with van der Waals surface area (Å²) in [6.07, 6.45) is 5.64. The summed E-state index contributed by atoms with van der Waals surface area (Å²) in [6.45, 7) is 2.64. The second-order valence-corrected chi connectivity index (χ2v) is 7.11. The smallest absolute Gasteiger partial charge is 0.152 e. The maximum Gasteiger partial charge on any atom is 0.152 e. The van der Waals surface area contributed by atoms with Crippen molar-refractivity contribution in [1.82, 2.24) is 0 Å². The van der Waals surface area contributed by atoms with Crippen LogP contribution in [-0.4, -0.2) is 57.2 Å². The average Bonchev–Trinajstić information content (AvgIpc) is 2.74. The molecule has 0 aliphatic carbocycles. The van der Waals surface area contributed by atoms with Crippen LogP contribution in [0, 0.1) is 0 Å². The molecule has 29 heavy (non-hydrogen) atoms. The molecule has 1 N–H and O–H groups in total. The number of anilines is 1. The molecule has 2 aromatic carbocycles. The van der Waals surface area contributed by atoms with Crippen LogP contribution in [0.1, 0.15) is 11.1 Å². The maximum absolute atomic E-state index is 10.7. The van der Waals surface area contributed by atoms with Crippen LogP contribution in [0.25, 0.3) is 12.2 Å². The molecular weight excluding hydrogens is 390 g/mol. The number of hydrogen-bond acceptors (Lipinski definition) is 6. The lowest BCUT2D eigenvalue weighted by Gasteiger charge is -2.08. The second-order valence-electron chi connectivity index (χ2n) is 6.07. The third-order valence-electron chi connectivity index (χ3n) is 3.89. The van der Waals surface area contributed by atoms with Gasteiger partial charge in [-0.3, -0.25) is 4.18 Å². The second kappa shape index (κ2) is 13.9. The first-order chi connectivity index (χ1) is 14.2. The highest BCUT2D eigenvalue weighted by Gasteiger charge is 1.96. The predicted molar refractivity (Wildman–Crippen MR) is 119 cm³/mol. The lowest BCUT2D eigenvalue weighted by Crippen LogP contribution is -2.13. The highest BCUT2D eigenvalue weighted by molar-refractivity contribution is 7.79. The van der Waals surface area contributed by atoms with Crippen LogP contribution in [0.2, 0.25) is 0 Å². The Balaban J connectivity index is 1.58. The van der Waals surface area contributed by atoms with Gasteiger partial charge < -0.3 is 19.5 Å². The first-order valence-corrected chi connectivity index (χ1v) is 11.0. The van der Waals surface area contributed by atoms with Gasteiger partial charge in [0.25, 0.3) is 0 Å². The molecule has 0 heterocycles. The molecule has 158 valence electrons. The summed E-state index contributed by atoms with van der Waals surface area (Å²) in [5, 5.41) is 3.11. The molecule has 0 saturated carbocycles. The van der Waals surface area contributed by atoms with Gasteiger partial charge in [0.1, 0.15) is 12.4 Å². The fourth-order valence-electron chi connectivity index (χ4n) is 2.38. The normalized spacial score (nSPS) is 12.2. The quantitative estimate of drug-likeness (QED) is 0.373. The molecule has 0 saturated heterocycles.